The Morgan fingerprint density at radius 3 is 2.65 bits per heavy atom. The van der Waals surface area contributed by atoms with Crippen molar-refractivity contribution in [3.05, 3.63) is 53.9 Å². The molecule has 1 amide bonds. The van der Waals surface area contributed by atoms with Gasteiger partial charge in [0.25, 0.3) is 5.91 Å². The van der Waals surface area contributed by atoms with Crippen LogP contribution in [-0.4, -0.2) is 65.1 Å². The van der Waals surface area contributed by atoms with Crippen molar-refractivity contribution < 1.29 is 9.90 Å². The van der Waals surface area contributed by atoms with E-state index < -0.39 is 5.60 Å². The Labute approximate surface area is 155 Å². The number of aromatic nitrogens is 1. The summed E-state index contributed by atoms with van der Waals surface area (Å²) in [6, 6.07) is 9.68. The number of carbonyl (C=O) groups is 1. The van der Waals surface area contributed by atoms with Crippen LogP contribution >= 0.6 is 0 Å². The van der Waals surface area contributed by atoms with Gasteiger partial charge in [0, 0.05) is 31.0 Å². The maximum absolute atomic E-state index is 12.9. The number of hydrogen-bond acceptors (Lipinski definition) is 4. The Morgan fingerprint density at radius 2 is 2.00 bits per heavy atom. The van der Waals surface area contributed by atoms with Crippen LogP contribution in [-0.2, 0) is 0 Å². The smallest absolute Gasteiger partial charge is 0.253 e. The first-order valence-corrected chi connectivity index (χ1v) is 9.05. The molecule has 26 heavy (non-hydrogen) atoms. The lowest BCUT2D eigenvalue weighted by atomic mass is 9.91. The van der Waals surface area contributed by atoms with Crippen LogP contribution in [0.5, 0.6) is 0 Å². The number of amides is 1. The summed E-state index contributed by atoms with van der Waals surface area (Å²) in [6.07, 6.45) is 5.17. The van der Waals surface area contributed by atoms with Gasteiger partial charge in [-0.25, -0.2) is 0 Å². The van der Waals surface area contributed by atoms with E-state index in [1.807, 2.05) is 62.4 Å². The lowest BCUT2D eigenvalue weighted by molar-refractivity contribution is -0.0391. The largest absolute Gasteiger partial charge is 0.387 e. The summed E-state index contributed by atoms with van der Waals surface area (Å²) in [5.74, 6) is -0.0140. The number of rotatable bonds is 4. The number of likely N-dealkylation sites (N-methyl/N-ethyl adjacent to an activating group) is 1. The maximum Gasteiger partial charge on any atom is 0.253 e. The molecule has 1 aromatic heterocycles. The summed E-state index contributed by atoms with van der Waals surface area (Å²) in [5.41, 5.74) is 3.14. The van der Waals surface area contributed by atoms with Gasteiger partial charge in [0.1, 0.15) is 0 Å². The molecule has 1 aliphatic heterocycles. The Balaban J connectivity index is 1.75. The van der Waals surface area contributed by atoms with Crippen LogP contribution in [0, 0.1) is 6.92 Å². The minimum Gasteiger partial charge on any atom is -0.387 e. The molecule has 0 spiro atoms. The van der Waals surface area contributed by atoms with Crippen molar-refractivity contribution in [2.45, 2.75) is 25.4 Å². The second-order valence-corrected chi connectivity index (χ2v) is 7.56. The Hall–Kier alpha value is -2.24. The molecule has 3 rings (SSSR count). The summed E-state index contributed by atoms with van der Waals surface area (Å²) in [5, 5.41) is 10.8. The van der Waals surface area contributed by atoms with Gasteiger partial charge in [-0.3, -0.25) is 9.78 Å². The van der Waals surface area contributed by atoms with Gasteiger partial charge < -0.3 is 14.9 Å². The van der Waals surface area contributed by atoms with Crippen LogP contribution < -0.4 is 0 Å². The molecule has 2 heterocycles. The van der Waals surface area contributed by atoms with Crippen LogP contribution in [0.4, 0.5) is 0 Å². The second kappa shape index (κ2) is 7.56. The quantitative estimate of drug-likeness (QED) is 0.918. The first-order valence-electron chi connectivity index (χ1n) is 9.05. The van der Waals surface area contributed by atoms with Gasteiger partial charge in [-0.1, -0.05) is 12.1 Å². The van der Waals surface area contributed by atoms with E-state index in [1.165, 1.54) is 0 Å². The number of likely N-dealkylation sites (tertiary alicyclic amines) is 1. The van der Waals surface area contributed by atoms with Crippen molar-refractivity contribution in [2.24, 2.45) is 0 Å². The van der Waals surface area contributed by atoms with Crippen LogP contribution in [0.2, 0.25) is 0 Å². The molecule has 1 atom stereocenters. The highest BCUT2D eigenvalue weighted by molar-refractivity contribution is 5.95. The van der Waals surface area contributed by atoms with E-state index in [4.69, 9.17) is 0 Å². The number of β-amino-alcohol motifs (C(OH)–C–C–N with tert-alkyl or cyclic N) is 1. The molecule has 0 saturated carbocycles. The van der Waals surface area contributed by atoms with Gasteiger partial charge in [-0.05, 0) is 68.8 Å². The molecule has 1 fully saturated rings. The molecule has 5 heteroatoms. The van der Waals surface area contributed by atoms with Crippen molar-refractivity contribution in [1.29, 1.82) is 0 Å². The van der Waals surface area contributed by atoms with Gasteiger partial charge in [-0.15, -0.1) is 0 Å². The SMILES string of the molecule is Cc1cnccc1-c1ccc(C(=O)N2CCC[C@@](O)(CN(C)C)C2)cc1. The molecule has 1 aromatic carbocycles. The van der Waals surface area contributed by atoms with E-state index in [0.29, 0.717) is 25.2 Å². The average Bonchev–Trinajstić information content (AvgIpc) is 2.61. The van der Waals surface area contributed by atoms with Gasteiger partial charge in [-0.2, -0.15) is 0 Å². The second-order valence-electron chi connectivity index (χ2n) is 7.56. The molecular weight excluding hydrogens is 326 g/mol. The van der Waals surface area contributed by atoms with Crippen molar-refractivity contribution in [3.63, 3.8) is 0 Å². The number of piperidine rings is 1. The fourth-order valence-electron chi connectivity index (χ4n) is 3.78. The minimum atomic E-state index is -0.828. The summed E-state index contributed by atoms with van der Waals surface area (Å²) >= 11 is 0. The highest BCUT2D eigenvalue weighted by Gasteiger charge is 2.35. The van der Waals surface area contributed by atoms with Crippen LogP contribution in [0.1, 0.15) is 28.8 Å². The molecule has 138 valence electrons. The zero-order valence-corrected chi connectivity index (χ0v) is 15.8. The van der Waals surface area contributed by atoms with E-state index in [2.05, 4.69) is 4.98 Å². The number of nitrogens with zero attached hydrogens (tertiary/aromatic N) is 3. The summed E-state index contributed by atoms with van der Waals surface area (Å²) < 4.78 is 0. The number of aryl methyl sites for hydroxylation is 1. The van der Waals surface area contributed by atoms with Crippen molar-refractivity contribution in [3.8, 4) is 11.1 Å². The third-order valence-electron chi connectivity index (χ3n) is 4.92. The van der Waals surface area contributed by atoms with Gasteiger partial charge in [0.05, 0.1) is 12.1 Å². The van der Waals surface area contributed by atoms with Gasteiger partial charge >= 0.3 is 0 Å². The Morgan fingerprint density at radius 1 is 1.27 bits per heavy atom. The number of aliphatic hydroxyl groups is 1. The lowest BCUT2D eigenvalue weighted by Crippen LogP contribution is -2.54. The molecule has 0 bridgehead atoms. The van der Waals surface area contributed by atoms with Crippen LogP contribution in [0.3, 0.4) is 0 Å². The Kier molecular flexibility index (Phi) is 5.39. The maximum atomic E-state index is 12.9. The van der Waals surface area contributed by atoms with Crippen molar-refractivity contribution >= 4 is 5.91 Å². The van der Waals surface area contributed by atoms with E-state index in [1.54, 1.807) is 11.1 Å². The van der Waals surface area contributed by atoms with E-state index in [0.717, 1.165) is 29.5 Å². The fraction of sp³-hybridized carbons (Fsp3) is 0.429. The monoisotopic (exact) mass is 353 g/mol. The standard InChI is InChI=1S/C21H27N3O2/c1-16-13-22-11-9-19(16)17-5-7-18(8-6-17)20(25)24-12-4-10-21(26,15-24)14-23(2)3/h5-9,11,13,26H,4,10,12,14-15H2,1-3H3/t21-/m1/s1. The van der Waals surface area contributed by atoms with Crippen LogP contribution in [0.25, 0.3) is 11.1 Å². The molecule has 0 aliphatic carbocycles. The molecular formula is C21H27N3O2. The zero-order chi connectivity index (χ0) is 18.7. The summed E-state index contributed by atoms with van der Waals surface area (Å²) in [7, 11) is 3.89. The van der Waals surface area contributed by atoms with Gasteiger partial charge in [0.15, 0.2) is 0 Å². The fourth-order valence-corrected chi connectivity index (χ4v) is 3.78. The number of pyridine rings is 1. The molecule has 0 radical (unpaired) electrons. The highest BCUT2D eigenvalue weighted by atomic mass is 16.3. The normalized spacial score (nSPS) is 20.4. The third kappa shape index (κ3) is 4.11. The predicted octanol–water partition coefficient (Wildman–Crippen LogP) is 2.59. The van der Waals surface area contributed by atoms with E-state index >= 15 is 0 Å². The predicted molar refractivity (Wildman–Crippen MR) is 103 cm³/mol. The lowest BCUT2D eigenvalue weighted by Gasteiger charge is -2.40. The van der Waals surface area contributed by atoms with Crippen molar-refractivity contribution in [1.82, 2.24) is 14.8 Å². The molecule has 2 aromatic rings. The van der Waals surface area contributed by atoms with Crippen molar-refractivity contribution in [2.75, 3.05) is 33.7 Å². The van der Waals surface area contributed by atoms with E-state index in [-0.39, 0.29) is 5.91 Å². The first-order chi connectivity index (χ1) is 12.4. The molecule has 0 unspecified atom stereocenters. The first kappa shape index (κ1) is 18.5. The molecule has 1 saturated heterocycles. The third-order valence-corrected chi connectivity index (χ3v) is 4.92. The molecule has 1 aliphatic rings. The highest BCUT2D eigenvalue weighted by Crippen LogP contribution is 2.25. The molecule has 5 nitrogen and oxygen atoms in total. The average molecular weight is 353 g/mol. The van der Waals surface area contributed by atoms with E-state index in [9.17, 15) is 9.90 Å². The summed E-state index contributed by atoms with van der Waals surface area (Å²) in [6.45, 7) is 3.67. The number of benzene rings is 1. The summed E-state index contributed by atoms with van der Waals surface area (Å²) in [4.78, 5) is 20.8. The zero-order valence-electron chi connectivity index (χ0n) is 15.8. The number of carbonyl (C=O) groups excluding carboxylic acids is 1. The number of hydrogen-bond donors (Lipinski definition) is 1. The topological polar surface area (TPSA) is 56.7 Å². The Bertz CT molecular complexity index is 773. The molecule has 1 N–H and O–H groups in total. The minimum absolute atomic E-state index is 0.0140. The van der Waals surface area contributed by atoms with Crippen LogP contribution in [0.15, 0.2) is 42.7 Å². The van der Waals surface area contributed by atoms with Gasteiger partial charge in [0.2, 0.25) is 0 Å².